The van der Waals surface area contributed by atoms with E-state index in [0.29, 0.717) is 71.7 Å². The first-order chi connectivity index (χ1) is 54.2. The molecule has 0 radical (unpaired) electrons. The summed E-state index contributed by atoms with van der Waals surface area (Å²) in [5.41, 5.74) is 22.9. The molecule has 0 heterocycles. The quantitative estimate of drug-likeness (QED) is 0.0462. The summed E-state index contributed by atoms with van der Waals surface area (Å²) >= 11 is 0. The molecule has 15 heteroatoms. The molecule has 0 saturated carbocycles. The highest BCUT2D eigenvalue weighted by molar-refractivity contribution is 7.57. The largest absolute Gasteiger partial charge is 0.507 e. The standard InChI is InChI=1S/C23H34OP2.C20H20OP2.2C20H28OP2.C17H22OP2/c1-15-10-9-11-16(14-25-8)21(15)26-19-13-17(22(2,3)4)12-18(20(19)24)23(5,6)7;1-15-8-7-9-16(14-22-17-10-3-2-4-11-17)20(15)23-19-13-6-5-12-18(19)21;1-13-10-16(20(3,4)5)18(21)17(11-13)23-19-14(2)8-7-9-15(19)12-22-6;1-13-8-7-9-15(12-22-6)19(13)23-17-11-16(20(3,4)5)10-14(2)18(17)21;1-11-8-13(3)16(18)15(9-11)20-17-12(2)6-5-7-14(17)10-19-4/h9-13,24-26H,14H2,1-8H3;2-13,21-23H,14H2,1H3;2*7-11,21-23H,12H2,1-6H3;5-9,18-20H,10H2,1-4H3. The number of phenols is 5. The van der Waals surface area contributed by atoms with Gasteiger partial charge in [0.2, 0.25) is 0 Å². The maximum atomic E-state index is 11.1. The lowest BCUT2D eigenvalue weighted by molar-refractivity contribution is 0.448. The molecule has 11 rings (SSSR count). The molecule has 0 aliphatic heterocycles. The van der Waals surface area contributed by atoms with Gasteiger partial charge < -0.3 is 25.5 Å². The SMILES string of the molecule is CPCc1cccc(C)c1Pc1cc(C(C)(C)C)cc(C(C)(C)C)c1O.CPCc1cccc(C)c1Pc1cc(C(C)(C)C)cc(C)c1O.CPCc1cccc(C)c1Pc1cc(C)cc(C(C)(C)C)c1O.CPCc1cccc(C)c1Pc1cc(C)cc(C)c1O.Cc1cccc(CPc2ccccc2)c1Pc1ccccc1O. The molecule has 0 aromatic heterocycles. The second-order valence-electron chi connectivity index (χ2n) is 34.3. The summed E-state index contributed by atoms with van der Waals surface area (Å²) in [5, 5.41) is 66.6. The van der Waals surface area contributed by atoms with E-state index in [0.717, 1.165) is 122 Å². The lowest BCUT2D eigenvalue weighted by atomic mass is 9.80. The van der Waals surface area contributed by atoms with E-state index in [1.54, 1.807) is 6.07 Å². The molecule has 0 spiro atoms. The summed E-state index contributed by atoms with van der Waals surface area (Å²) in [5.74, 6) is 2.28. The van der Waals surface area contributed by atoms with Gasteiger partial charge in [-0.15, -0.1) is 34.3 Å². The predicted molar refractivity (Wildman–Crippen MR) is 538 cm³/mol. The third-order valence-electron chi connectivity index (χ3n) is 20.2. The van der Waals surface area contributed by atoms with E-state index < -0.39 is 0 Å². The predicted octanol–water partition coefficient (Wildman–Crippen LogP) is 22.8. The van der Waals surface area contributed by atoms with Crippen LogP contribution in [0.1, 0.15) is 183 Å². The van der Waals surface area contributed by atoms with Crippen molar-refractivity contribution in [1.29, 1.82) is 0 Å². The summed E-state index contributed by atoms with van der Waals surface area (Å²) in [4.78, 5) is 0. The zero-order chi connectivity index (χ0) is 84.9. The normalized spacial score (nSPS) is 12.6. The summed E-state index contributed by atoms with van der Waals surface area (Å²) < 4.78 is 0. The number of aryl methyl sites for hydroxylation is 9. The molecular weight excluding hydrogens is 1590 g/mol. The fourth-order valence-electron chi connectivity index (χ4n) is 13.6. The van der Waals surface area contributed by atoms with Crippen LogP contribution in [0.3, 0.4) is 0 Å². The fourth-order valence-corrected chi connectivity index (χ4v) is 25.3. The van der Waals surface area contributed by atoms with Gasteiger partial charge in [-0.25, -0.2) is 0 Å². The number of aromatic hydroxyl groups is 5. The zero-order valence-electron chi connectivity index (χ0n) is 73.2. The molecular formula is C100H132O5P10. The Morgan fingerprint density at radius 3 is 0.904 bits per heavy atom. The van der Waals surface area contributed by atoms with Crippen molar-refractivity contribution in [2.45, 2.75) is 198 Å². The highest BCUT2D eigenvalue weighted by Gasteiger charge is 2.27. The van der Waals surface area contributed by atoms with Gasteiger partial charge in [0.25, 0.3) is 0 Å². The topological polar surface area (TPSA) is 101 Å². The van der Waals surface area contributed by atoms with Crippen LogP contribution in [0.2, 0.25) is 0 Å². The minimum Gasteiger partial charge on any atom is -0.507 e. The molecule has 5 N–H and O–H groups in total. The van der Waals surface area contributed by atoms with Crippen LogP contribution in [0.4, 0.5) is 0 Å². The first-order valence-corrected chi connectivity index (χ1v) is 53.0. The van der Waals surface area contributed by atoms with Crippen LogP contribution in [0, 0.1) is 62.3 Å². The molecule has 11 aromatic carbocycles. The van der Waals surface area contributed by atoms with Crippen molar-refractivity contribution in [2.75, 3.05) is 26.7 Å². The Balaban J connectivity index is 0.000000199. The summed E-state index contributed by atoms with van der Waals surface area (Å²) in [6.45, 7) is 54.5. The Labute approximate surface area is 712 Å². The highest BCUT2D eigenvalue weighted by atomic mass is 31.1. The van der Waals surface area contributed by atoms with Gasteiger partial charge in [-0.3, -0.25) is 0 Å². The van der Waals surface area contributed by atoms with E-state index in [-0.39, 0.29) is 21.7 Å². The zero-order valence-corrected chi connectivity index (χ0v) is 83.2. The molecule has 0 aliphatic carbocycles. The van der Waals surface area contributed by atoms with Gasteiger partial charge >= 0.3 is 0 Å². The minimum absolute atomic E-state index is 0.0469. The van der Waals surface area contributed by atoms with E-state index in [1.165, 1.54) is 110 Å². The second kappa shape index (κ2) is 44.8. The molecule has 0 amide bonds. The summed E-state index contributed by atoms with van der Waals surface area (Å²) in [7, 11) is 6.96. The molecule has 0 aliphatic rings. The molecule has 10 atom stereocenters. The summed E-state index contributed by atoms with van der Waals surface area (Å²) in [6.07, 6.45) is 5.57. The van der Waals surface area contributed by atoms with Gasteiger partial charge in [0.05, 0.1) is 0 Å². The van der Waals surface area contributed by atoms with Crippen molar-refractivity contribution >= 4 is 144 Å². The number of rotatable bonds is 21. The van der Waals surface area contributed by atoms with Gasteiger partial charge in [0.1, 0.15) is 28.7 Å². The molecule has 115 heavy (non-hydrogen) atoms. The number of hydrogen-bond donors (Lipinski definition) is 5. The van der Waals surface area contributed by atoms with E-state index in [1.807, 2.05) is 38.1 Å². The molecule has 612 valence electrons. The van der Waals surface area contributed by atoms with Crippen LogP contribution in [0.25, 0.3) is 0 Å². The Bertz CT molecular complexity index is 4990. The van der Waals surface area contributed by atoms with Crippen molar-refractivity contribution in [1.82, 2.24) is 0 Å². The van der Waals surface area contributed by atoms with Crippen molar-refractivity contribution < 1.29 is 25.5 Å². The molecule has 0 saturated heterocycles. The van der Waals surface area contributed by atoms with Crippen LogP contribution >= 0.6 is 85.8 Å². The van der Waals surface area contributed by atoms with Gasteiger partial charge in [-0.1, -0.05) is 298 Å². The molecule has 10 unspecified atom stereocenters. The van der Waals surface area contributed by atoms with Crippen molar-refractivity contribution in [3.05, 3.63) is 294 Å². The van der Waals surface area contributed by atoms with Crippen LogP contribution in [0.5, 0.6) is 28.7 Å². The van der Waals surface area contributed by atoms with Crippen LogP contribution in [-0.2, 0) is 52.5 Å². The average Bonchev–Trinajstić information content (AvgIpc) is 0.778. The fraction of sp³-hybridized carbons (Fsp3) is 0.340. The monoisotopic (exact) mass is 1720 g/mol. The number of para-hydroxylation sites is 1. The first kappa shape index (κ1) is 96.8. The third kappa shape index (κ3) is 28.4. The van der Waals surface area contributed by atoms with E-state index in [9.17, 15) is 25.5 Å². The average molecular weight is 1720 g/mol. The van der Waals surface area contributed by atoms with Gasteiger partial charge in [0.15, 0.2) is 0 Å². The second-order valence-corrected chi connectivity index (χ2v) is 46.3. The Kier molecular flexibility index (Phi) is 37.8. The van der Waals surface area contributed by atoms with Crippen LogP contribution < -0.4 is 58.3 Å². The highest BCUT2D eigenvalue weighted by Crippen LogP contribution is 2.40. The number of phenolic OH excluding ortho intramolecular Hbond substituents is 5. The van der Waals surface area contributed by atoms with E-state index in [2.05, 4.69) is 322 Å². The van der Waals surface area contributed by atoms with Crippen molar-refractivity contribution in [3.8, 4) is 28.7 Å². The minimum atomic E-state index is -0.0794. The van der Waals surface area contributed by atoms with Gasteiger partial charge in [-0.05, 0) is 293 Å². The Hall–Kier alpha value is -5.28. The van der Waals surface area contributed by atoms with Crippen molar-refractivity contribution in [2.24, 2.45) is 0 Å². The Morgan fingerprint density at radius 1 is 0.252 bits per heavy atom. The van der Waals surface area contributed by atoms with Crippen LogP contribution in [0.15, 0.2) is 194 Å². The van der Waals surface area contributed by atoms with Gasteiger partial charge in [-0.2, -0.15) is 0 Å². The van der Waals surface area contributed by atoms with Gasteiger partial charge in [0, 0.05) is 37.6 Å². The molecule has 0 fully saturated rings. The van der Waals surface area contributed by atoms with Crippen molar-refractivity contribution in [3.63, 3.8) is 0 Å². The molecule has 0 bridgehead atoms. The maximum absolute atomic E-state index is 11.1. The first-order valence-electron chi connectivity index (χ1n) is 40.0. The van der Waals surface area contributed by atoms with E-state index in [4.69, 9.17) is 0 Å². The molecule has 11 aromatic rings. The van der Waals surface area contributed by atoms with E-state index >= 15 is 0 Å². The number of hydrogen-bond acceptors (Lipinski definition) is 5. The lowest BCUT2D eigenvalue weighted by Gasteiger charge is -2.28. The van der Waals surface area contributed by atoms with Crippen LogP contribution in [-0.4, -0.2) is 52.2 Å². The number of benzene rings is 11. The Morgan fingerprint density at radius 2 is 0.548 bits per heavy atom. The third-order valence-corrected chi connectivity index (χ3v) is 32.5. The maximum Gasteiger partial charge on any atom is 0.127 e. The lowest BCUT2D eigenvalue weighted by Crippen LogP contribution is -2.21. The summed E-state index contributed by atoms with van der Waals surface area (Å²) in [6, 6.07) is 68.3. The smallest absolute Gasteiger partial charge is 0.127 e. The molecule has 5 nitrogen and oxygen atoms in total.